The van der Waals surface area contributed by atoms with Crippen LogP contribution in [-0.2, 0) is 46.4 Å². The molecule has 6 atom stereocenters. The van der Waals surface area contributed by atoms with E-state index in [4.69, 9.17) is 11.5 Å². The zero-order valence-electron chi connectivity index (χ0n) is 34.4. The number of thioether (sulfide) groups is 1. The van der Waals surface area contributed by atoms with E-state index in [0.717, 1.165) is 16.9 Å². The van der Waals surface area contributed by atoms with Gasteiger partial charge in [0.1, 0.15) is 29.9 Å². The number of aromatic hydroxyl groups is 1. The maximum Gasteiger partial charge on any atom is 0.246 e. The van der Waals surface area contributed by atoms with Crippen molar-refractivity contribution in [2.45, 2.75) is 108 Å². The van der Waals surface area contributed by atoms with E-state index in [1.807, 2.05) is 31.4 Å². The van der Waals surface area contributed by atoms with Crippen molar-refractivity contribution >= 4 is 64.4 Å². The molecule has 2 saturated heterocycles. The van der Waals surface area contributed by atoms with Gasteiger partial charge in [-0.05, 0) is 79.5 Å². The van der Waals surface area contributed by atoms with Crippen LogP contribution in [0.15, 0.2) is 41.8 Å². The number of nitrogens with zero attached hydrogens (tertiary/aromatic N) is 1. The van der Waals surface area contributed by atoms with Crippen molar-refractivity contribution in [1.29, 1.82) is 0 Å². The summed E-state index contributed by atoms with van der Waals surface area (Å²) in [5, 5.41) is 29.3. The Hall–Kier alpha value is -4.72. The van der Waals surface area contributed by atoms with Crippen LogP contribution in [0, 0.1) is 5.92 Å². The molecule has 7 amide bonds. The summed E-state index contributed by atoms with van der Waals surface area (Å²) in [6.07, 6.45) is 2.93. The van der Waals surface area contributed by atoms with Gasteiger partial charge in [-0.2, -0.15) is 11.8 Å². The number of phenols is 1. The van der Waals surface area contributed by atoms with E-state index in [1.54, 1.807) is 12.1 Å². The van der Waals surface area contributed by atoms with Crippen molar-refractivity contribution in [3.8, 4) is 5.75 Å². The van der Waals surface area contributed by atoms with E-state index in [0.29, 0.717) is 57.5 Å². The molecule has 1 aromatic carbocycles. The lowest BCUT2D eigenvalue weighted by atomic mass is 10.0. The second kappa shape index (κ2) is 24.5. The molecular weight excluding hydrogens is 811 g/mol. The SMILES string of the molecule is CC(C)[C@@H]1NC[C@H](Cc2cccs2)NC(=O)[C@H](Cc2ccc(O)cc2)NC(=O)CCCSC[C@@H](C(=O)N2CCC[C@H]2C(=O)NCCCCN)NC(=O)[C@H](CC(N)=O)NC1=O. The van der Waals surface area contributed by atoms with Gasteiger partial charge in [0.15, 0.2) is 0 Å². The van der Waals surface area contributed by atoms with Crippen LogP contribution in [0.4, 0.5) is 0 Å². The number of rotatable bonds is 13. The summed E-state index contributed by atoms with van der Waals surface area (Å²) in [4.78, 5) is 97.4. The molecule has 2 aromatic rings. The van der Waals surface area contributed by atoms with Gasteiger partial charge in [-0.15, -0.1) is 11.3 Å². The van der Waals surface area contributed by atoms with Gasteiger partial charge in [0, 0.05) is 55.6 Å². The predicted octanol–water partition coefficient (Wildman–Crippen LogP) is 0.0408. The van der Waals surface area contributed by atoms with Gasteiger partial charge in [0.05, 0.1) is 12.5 Å². The second-order valence-corrected chi connectivity index (χ2v) is 17.7. The molecule has 0 saturated carbocycles. The molecule has 4 rings (SSSR count). The number of benzene rings is 1. The summed E-state index contributed by atoms with van der Waals surface area (Å²) in [5.74, 6) is -3.59. The van der Waals surface area contributed by atoms with Crippen molar-refractivity contribution in [2.24, 2.45) is 17.4 Å². The van der Waals surface area contributed by atoms with Crippen LogP contribution in [0.25, 0.3) is 0 Å². The van der Waals surface area contributed by atoms with Crippen molar-refractivity contribution in [2.75, 3.05) is 37.7 Å². The minimum Gasteiger partial charge on any atom is -0.508 e. The van der Waals surface area contributed by atoms with Crippen LogP contribution < -0.4 is 43.4 Å². The van der Waals surface area contributed by atoms with Gasteiger partial charge in [-0.25, -0.2) is 0 Å². The van der Waals surface area contributed by atoms with Gasteiger partial charge in [0.25, 0.3) is 0 Å². The van der Waals surface area contributed by atoms with Gasteiger partial charge < -0.3 is 53.4 Å². The van der Waals surface area contributed by atoms with Crippen molar-refractivity contribution in [1.82, 2.24) is 36.8 Å². The molecule has 0 unspecified atom stereocenters. The predicted molar refractivity (Wildman–Crippen MR) is 231 cm³/mol. The lowest BCUT2D eigenvalue weighted by molar-refractivity contribution is -0.141. The third-order valence-electron chi connectivity index (χ3n) is 10.3. The van der Waals surface area contributed by atoms with Crippen molar-refractivity contribution in [3.05, 3.63) is 52.2 Å². The van der Waals surface area contributed by atoms with Crippen LogP contribution in [-0.4, -0.2) is 125 Å². The quantitative estimate of drug-likeness (QED) is 0.121. The number of hydrogen-bond acceptors (Lipinski definition) is 12. The number of hydrogen-bond donors (Lipinski definition) is 9. The molecule has 1 aromatic heterocycles. The molecule has 0 bridgehead atoms. The number of unbranched alkanes of at least 4 members (excludes halogenated alkanes) is 1. The monoisotopic (exact) mass is 871 g/mol. The number of likely N-dealkylation sites (tertiary alicyclic amines) is 1. The Morgan fingerprint density at radius 2 is 1.68 bits per heavy atom. The molecule has 19 heteroatoms. The number of carbonyl (C=O) groups is 7. The molecule has 0 spiro atoms. The highest BCUT2D eigenvalue weighted by atomic mass is 32.2. The van der Waals surface area contributed by atoms with Gasteiger partial charge in [0.2, 0.25) is 41.4 Å². The number of carbonyl (C=O) groups excluding carboxylic acids is 7. The number of amides is 7. The van der Waals surface area contributed by atoms with Crippen molar-refractivity contribution in [3.63, 3.8) is 0 Å². The molecule has 17 nitrogen and oxygen atoms in total. The number of thiophene rings is 1. The van der Waals surface area contributed by atoms with E-state index in [9.17, 15) is 38.7 Å². The number of nitrogens with one attached hydrogen (secondary N) is 6. The van der Waals surface area contributed by atoms with Crippen LogP contribution >= 0.6 is 23.1 Å². The van der Waals surface area contributed by atoms with Gasteiger partial charge in [-0.3, -0.25) is 33.6 Å². The number of phenolic OH excluding ortho intramolecular Hbond substituents is 1. The molecule has 330 valence electrons. The summed E-state index contributed by atoms with van der Waals surface area (Å²) in [6, 6.07) is 4.51. The highest BCUT2D eigenvalue weighted by Crippen LogP contribution is 2.21. The molecule has 2 aliphatic rings. The fourth-order valence-electron chi connectivity index (χ4n) is 7.15. The zero-order chi connectivity index (χ0) is 43.6. The molecule has 2 aliphatic heterocycles. The Morgan fingerprint density at radius 3 is 2.37 bits per heavy atom. The number of primary amides is 1. The Labute approximate surface area is 359 Å². The lowest BCUT2D eigenvalue weighted by Crippen LogP contribution is -2.60. The Bertz CT molecular complexity index is 1750. The van der Waals surface area contributed by atoms with Crippen LogP contribution in [0.1, 0.15) is 69.2 Å². The molecule has 11 N–H and O–H groups in total. The van der Waals surface area contributed by atoms with E-state index < -0.39 is 72.2 Å². The Morgan fingerprint density at radius 1 is 0.933 bits per heavy atom. The minimum absolute atomic E-state index is 0.0658. The maximum atomic E-state index is 14.2. The summed E-state index contributed by atoms with van der Waals surface area (Å²) in [7, 11) is 0. The van der Waals surface area contributed by atoms with Crippen molar-refractivity contribution < 1.29 is 38.7 Å². The second-order valence-electron chi connectivity index (χ2n) is 15.6. The van der Waals surface area contributed by atoms with E-state index in [2.05, 4.69) is 31.9 Å². The lowest BCUT2D eigenvalue weighted by Gasteiger charge is -2.30. The highest BCUT2D eigenvalue weighted by molar-refractivity contribution is 7.99. The van der Waals surface area contributed by atoms with Crippen LogP contribution in [0.3, 0.4) is 0 Å². The summed E-state index contributed by atoms with van der Waals surface area (Å²) in [6.45, 7) is 4.94. The molecule has 60 heavy (non-hydrogen) atoms. The van der Waals surface area contributed by atoms with E-state index >= 15 is 0 Å². The average Bonchev–Trinajstić information content (AvgIpc) is 3.91. The summed E-state index contributed by atoms with van der Waals surface area (Å²) < 4.78 is 0. The minimum atomic E-state index is -1.42. The maximum absolute atomic E-state index is 14.2. The average molecular weight is 872 g/mol. The molecule has 0 radical (unpaired) electrons. The molecule has 0 aliphatic carbocycles. The molecule has 2 fully saturated rings. The van der Waals surface area contributed by atoms with E-state index in [-0.39, 0.29) is 48.6 Å². The normalized spacial score (nSPS) is 24.2. The Kier molecular flexibility index (Phi) is 19.6. The van der Waals surface area contributed by atoms with Crippen LogP contribution in [0.5, 0.6) is 5.75 Å². The first-order valence-corrected chi connectivity index (χ1v) is 22.7. The van der Waals surface area contributed by atoms with E-state index in [1.165, 1.54) is 40.1 Å². The zero-order valence-corrected chi connectivity index (χ0v) is 36.0. The Balaban J connectivity index is 1.62. The first kappa shape index (κ1) is 48.0. The fourth-order valence-corrected chi connectivity index (χ4v) is 8.91. The fraction of sp³-hybridized carbons (Fsp3) is 0.585. The molecule has 3 heterocycles. The standard InChI is InChI=1S/C41H61N9O8S2/c1-25(2)36-40(57)48-31(22-34(43)52)38(55)49-32(41(58)50-17-5-9-33(50)39(56)44-16-4-3-15-42)24-59-18-7-10-35(53)47-30(20-26-11-13-28(51)14-12-26)37(54)46-27(23-45-36)21-29-8-6-19-60-29/h6,8,11-14,19,25,27,30-33,36,45,51H,3-5,7,9-10,15-18,20-24,42H2,1-2H3,(H2,43,52)(H,44,56)(H,46,54)(H,47,53)(H,48,57)(H,49,55)/t27-,30-,31-,32-,33-,36-/m0/s1. The first-order valence-electron chi connectivity index (χ1n) is 20.6. The third-order valence-corrected chi connectivity index (χ3v) is 12.4. The van der Waals surface area contributed by atoms with Crippen LogP contribution in [0.2, 0.25) is 0 Å². The first-order chi connectivity index (χ1) is 28.7. The number of nitrogens with two attached hydrogens (primary N) is 2. The van der Waals surface area contributed by atoms with Gasteiger partial charge >= 0.3 is 0 Å². The smallest absolute Gasteiger partial charge is 0.246 e. The largest absolute Gasteiger partial charge is 0.508 e. The highest BCUT2D eigenvalue weighted by Gasteiger charge is 2.39. The summed E-state index contributed by atoms with van der Waals surface area (Å²) >= 11 is 2.82. The molecular formula is C41H61N9O8S2. The van der Waals surface area contributed by atoms with Gasteiger partial charge in [-0.1, -0.05) is 32.0 Å². The topological polar surface area (TPSA) is 267 Å². The third kappa shape index (κ3) is 15.4. The summed E-state index contributed by atoms with van der Waals surface area (Å²) in [5.41, 5.74) is 11.9.